The summed E-state index contributed by atoms with van der Waals surface area (Å²) >= 11 is 7.66. The van der Waals surface area contributed by atoms with Crippen molar-refractivity contribution in [1.29, 1.82) is 0 Å². The predicted octanol–water partition coefficient (Wildman–Crippen LogP) is 3.55. The largest absolute Gasteiger partial charge is 0.482 e. The van der Waals surface area contributed by atoms with Crippen LogP contribution in [0.5, 0.6) is 5.75 Å². The third kappa shape index (κ3) is 3.98. The molecule has 0 bridgehead atoms. The number of thiophene rings is 1. The first-order valence-electron chi connectivity index (χ1n) is 7.72. The number of anilines is 1. The third-order valence-corrected chi connectivity index (χ3v) is 6.64. The summed E-state index contributed by atoms with van der Waals surface area (Å²) in [7, 11) is -3.85. The summed E-state index contributed by atoms with van der Waals surface area (Å²) in [4.78, 5) is 12.2. The molecule has 1 aliphatic heterocycles. The van der Waals surface area contributed by atoms with E-state index in [2.05, 4.69) is 10.0 Å². The molecule has 0 fully saturated rings. The summed E-state index contributed by atoms with van der Waals surface area (Å²) in [5.41, 5.74) is 0.364. The SMILES string of the molecule is CCCC(NS(=O)(=O)c1cc2c(cc1Cl)NC(=O)CO2)c1cccs1. The van der Waals surface area contributed by atoms with Crippen molar-refractivity contribution in [2.75, 3.05) is 11.9 Å². The first-order valence-corrected chi connectivity index (χ1v) is 10.5. The minimum absolute atomic E-state index is 0.0264. The van der Waals surface area contributed by atoms with Crippen LogP contribution in [0.4, 0.5) is 5.69 Å². The fraction of sp³-hybridized carbons (Fsp3) is 0.312. The number of carbonyl (C=O) groups is 1. The molecule has 1 aromatic carbocycles. The first-order chi connectivity index (χ1) is 11.9. The van der Waals surface area contributed by atoms with E-state index >= 15 is 0 Å². The van der Waals surface area contributed by atoms with Gasteiger partial charge in [0, 0.05) is 10.9 Å². The molecule has 1 amide bonds. The average Bonchev–Trinajstić information content (AvgIpc) is 3.07. The molecule has 3 rings (SSSR count). The Balaban J connectivity index is 1.93. The van der Waals surface area contributed by atoms with Gasteiger partial charge < -0.3 is 10.1 Å². The maximum atomic E-state index is 12.8. The second-order valence-electron chi connectivity index (χ2n) is 5.59. The van der Waals surface area contributed by atoms with Crippen LogP contribution < -0.4 is 14.8 Å². The van der Waals surface area contributed by atoms with Crippen LogP contribution in [0.15, 0.2) is 34.5 Å². The van der Waals surface area contributed by atoms with E-state index in [4.69, 9.17) is 16.3 Å². The van der Waals surface area contributed by atoms with Crippen LogP contribution in [0.3, 0.4) is 0 Å². The van der Waals surface area contributed by atoms with E-state index in [9.17, 15) is 13.2 Å². The zero-order valence-electron chi connectivity index (χ0n) is 13.4. The number of amides is 1. The lowest BCUT2D eigenvalue weighted by Crippen LogP contribution is -2.29. The normalized spacial score (nSPS) is 15.2. The molecule has 2 aromatic rings. The zero-order valence-corrected chi connectivity index (χ0v) is 15.8. The predicted molar refractivity (Wildman–Crippen MR) is 97.9 cm³/mol. The van der Waals surface area contributed by atoms with Gasteiger partial charge in [0.1, 0.15) is 10.6 Å². The Labute approximate surface area is 155 Å². The van der Waals surface area contributed by atoms with Gasteiger partial charge in [0.15, 0.2) is 6.61 Å². The molecule has 0 saturated heterocycles. The Hall–Kier alpha value is -1.61. The van der Waals surface area contributed by atoms with Gasteiger partial charge in [-0.25, -0.2) is 13.1 Å². The number of benzene rings is 1. The molecule has 0 aliphatic carbocycles. The first kappa shape index (κ1) is 18.2. The van der Waals surface area contributed by atoms with Gasteiger partial charge in [-0.15, -0.1) is 11.3 Å². The van der Waals surface area contributed by atoms with Crippen LogP contribution in [-0.4, -0.2) is 20.9 Å². The average molecular weight is 401 g/mol. The Morgan fingerprint density at radius 2 is 2.24 bits per heavy atom. The van der Waals surface area contributed by atoms with E-state index in [0.717, 1.165) is 11.3 Å². The Morgan fingerprint density at radius 1 is 1.44 bits per heavy atom. The maximum Gasteiger partial charge on any atom is 0.262 e. The van der Waals surface area contributed by atoms with E-state index in [1.165, 1.54) is 23.5 Å². The summed E-state index contributed by atoms with van der Waals surface area (Å²) in [5, 5.41) is 4.54. The lowest BCUT2D eigenvalue weighted by molar-refractivity contribution is -0.118. The highest BCUT2D eigenvalue weighted by atomic mass is 35.5. The van der Waals surface area contributed by atoms with Crippen molar-refractivity contribution in [3.8, 4) is 5.75 Å². The van der Waals surface area contributed by atoms with Gasteiger partial charge in [0.2, 0.25) is 10.0 Å². The van der Waals surface area contributed by atoms with Gasteiger partial charge in [0.25, 0.3) is 5.91 Å². The van der Waals surface area contributed by atoms with E-state index in [1.807, 2.05) is 24.4 Å². The summed E-state index contributed by atoms with van der Waals surface area (Å²) < 4.78 is 33.7. The molecule has 0 saturated carbocycles. The molecule has 25 heavy (non-hydrogen) atoms. The molecule has 134 valence electrons. The number of hydrogen-bond acceptors (Lipinski definition) is 5. The van der Waals surface area contributed by atoms with Crippen molar-refractivity contribution >= 4 is 44.6 Å². The van der Waals surface area contributed by atoms with Crippen molar-refractivity contribution in [3.05, 3.63) is 39.5 Å². The fourth-order valence-electron chi connectivity index (χ4n) is 2.58. The van der Waals surface area contributed by atoms with E-state index in [0.29, 0.717) is 12.1 Å². The van der Waals surface area contributed by atoms with Gasteiger partial charge in [-0.1, -0.05) is 31.0 Å². The van der Waals surface area contributed by atoms with Crippen LogP contribution in [0.2, 0.25) is 5.02 Å². The quantitative estimate of drug-likeness (QED) is 0.776. The minimum atomic E-state index is -3.85. The highest BCUT2D eigenvalue weighted by molar-refractivity contribution is 7.89. The Bertz CT molecular complexity index is 882. The molecule has 2 N–H and O–H groups in total. The molecule has 1 atom stereocenters. The number of nitrogens with one attached hydrogen (secondary N) is 2. The molecule has 9 heteroatoms. The topological polar surface area (TPSA) is 84.5 Å². The van der Waals surface area contributed by atoms with Crippen LogP contribution in [0, 0.1) is 0 Å². The Morgan fingerprint density at radius 3 is 2.92 bits per heavy atom. The van der Waals surface area contributed by atoms with E-state index < -0.39 is 10.0 Å². The summed E-state index contributed by atoms with van der Waals surface area (Å²) in [6, 6.07) is 6.21. The molecule has 1 unspecified atom stereocenters. The summed E-state index contributed by atoms with van der Waals surface area (Å²) in [6.45, 7) is 1.84. The molecular formula is C16H17ClN2O4S2. The van der Waals surface area contributed by atoms with Crippen LogP contribution in [0.25, 0.3) is 0 Å². The number of carbonyl (C=O) groups excluding carboxylic acids is 1. The monoisotopic (exact) mass is 400 g/mol. The second kappa shape index (κ2) is 7.33. The van der Waals surface area contributed by atoms with Crippen LogP contribution in [-0.2, 0) is 14.8 Å². The number of sulfonamides is 1. The van der Waals surface area contributed by atoms with Crippen molar-refractivity contribution in [2.45, 2.75) is 30.7 Å². The molecule has 0 spiro atoms. The summed E-state index contributed by atoms with van der Waals surface area (Å²) in [6.07, 6.45) is 1.51. The molecule has 1 aromatic heterocycles. The zero-order chi connectivity index (χ0) is 18.0. The highest BCUT2D eigenvalue weighted by Crippen LogP contribution is 2.36. The number of ether oxygens (including phenoxy) is 1. The Kier molecular flexibility index (Phi) is 5.33. The van der Waals surface area contributed by atoms with Gasteiger partial charge >= 0.3 is 0 Å². The number of rotatable bonds is 6. The van der Waals surface area contributed by atoms with Crippen molar-refractivity contribution in [3.63, 3.8) is 0 Å². The van der Waals surface area contributed by atoms with Crippen molar-refractivity contribution in [1.82, 2.24) is 4.72 Å². The number of hydrogen-bond donors (Lipinski definition) is 2. The van der Waals surface area contributed by atoms with Gasteiger partial charge in [-0.3, -0.25) is 4.79 Å². The molecule has 0 radical (unpaired) electrons. The lowest BCUT2D eigenvalue weighted by atomic mass is 10.1. The van der Waals surface area contributed by atoms with Crippen molar-refractivity contribution in [2.24, 2.45) is 0 Å². The fourth-order valence-corrected chi connectivity index (χ4v) is 5.26. The highest BCUT2D eigenvalue weighted by Gasteiger charge is 2.27. The lowest BCUT2D eigenvalue weighted by Gasteiger charge is -2.21. The second-order valence-corrected chi connectivity index (χ2v) is 8.66. The maximum absolute atomic E-state index is 12.8. The molecule has 6 nitrogen and oxygen atoms in total. The molecule has 2 heterocycles. The molecule has 1 aliphatic rings. The number of halogens is 1. The van der Waals surface area contributed by atoms with Crippen LogP contribution in [0.1, 0.15) is 30.7 Å². The van der Waals surface area contributed by atoms with E-state index in [1.54, 1.807) is 0 Å². The van der Waals surface area contributed by atoms with Crippen molar-refractivity contribution < 1.29 is 17.9 Å². The van der Waals surface area contributed by atoms with Crippen LogP contribution >= 0.6 is 22.9 Å². The van der Waals surface area contributed by atoms with E-state index in [-0.39, 0.29) is 34.2 Å². The minimum Gasteiger partial charge on any atom is -0.482 e. The number of fused-ring (bicyclic) bond motifs is 1. The van der Waals surface area contributed by atoms with Gasteiger partial charge in [-0.2, -0.15) is 0 Å². The smallest absolute Gasteiger partial charge is 0.262 e. The third-order valence-electron chi connectivity index (χ3n) is 3.72. The van der Waals surface area contributed by atoms with Gasteiger partial charge in [-0.05, 0) is 23.9 Å². The summed E-state index contributed by atoms with van der Waals surface area (Å²) in [5.74, 6) is -0.0226. The molecular weight excluding hydrogens is 384 g/mol. The standard InChI is InChI=1S/C16H17ClN2O4S2/c1-2-4-11(14-5-3-6-24-14)19-25(21,22)15-8-13-12(7-10(15)17)18-16(20)9-23-13/h3,5-8,11,19H,2,4,9H2,1H3,(H,18,20). The van der Waals surface area contributed by atoms with Gasteiger partial charge in [0.05, 0.1) is 16.8 Å².